The Morgan fingerprint density at radius 2 is 2.12 bits per heavy atom. The minimum absolute atomic E-state index is 0.143. The van der Waals surface area contributed by atoms with Crippen LogP contribution in [0.5, 0.6) is 0 Å². The molecule has 0 aliphatic heterocycles. The molecular formula is C12H13BrN4. The Labute approximate surface area is 108 Å². The molecule has 0 saturated heterocycles. The lowest BCUT2D eigenvalue weighted by atomic mass is 10.0. The summed E-state index contributed by atoms with van der Waals surface area (Å²) in [6.45, 7) is 2.00. The maximum absolute atomic E-state index is 5.60. The lowest BCUT2D eigenvalue weighted by Crippen LogP contribution is -2.29. The van der Waals surface area contributed by atoms with Crippen molar-refractivity contribution in [3.8, 4) is 0 Å². The second kappa shape index (κ2) is 5.35. The average molecular weight is 293 g/mol. The van der Waals surface area contributed by atoms with E-state index in [2.05, 4.69) is 31.3 Å². The summed E-state index contributed by atoms with van der Waals surface area (Å²) >= 11 is 3.36. The van der Waals surface area contributed by atoms with E-state index < -0.39 is 0 Å². The number of aromatic nitrogens is 2. The molecule has 2 rings (SSSR count). The molecule has 1 unspecified atom stereocenters. The van der Waals surface area contributed by atoms with E-state index in [4.69, 9.17) is 5.84 Å². The van der Waals surface area contributed by atoms with E-state index in [1.807, 2.05) is 31.3 Å². The van der Waals surface area contributed by atoms with Crippen LogP contribution >= 0.6 is 15.9 Å². The second-order valence-electron chi connectivity index (χ2n) is 3.80. The molecule has 0 aromatic carbocycles. The zero-order chi connectivity index (χ0) is 12.3. The summed E-state index contributed by atoms with van der Waals surface area (Å²) in [7, 11) is 0. The highest BCUT2D eigenvalue weighted by Crippen LogP contribution is 2.20. The molecule has 0 spiro atoms. The Bertz CT molecular complexity index is 498. The van der Waals surface area contributed by atoms with Gasteiger partial charge in [0.2, 0.25) is 0 Å². The van der Waals surface area contributed by atoms with E-state index >= 15 is 0 Å². The molecule has 0 saturated carbocycles. The van der Waals surface area contributed by atoms with Crippen molar-refractivity contribution in [3.05, 3.63) is 58.1 Å². The summed E-state index contributed by atoms with van der Waals surface area (Å²) in [4.78, 5) is 8.50. The maximum atomic E-state index is 5.60. The third kappa shape index (κ3) is 2.88. The van der Waals surface area contributed by atoms with Crippen LogP contribution < -0.4 is 11.3 Å². The van der Waals surface area contributed by atoms with Gasteiger partial charge in [0.15, 0.2) is 0 Å². The highest BCUT2D eigenvalue weighted by atomic mass is 79.9. The number of halogens is 1. The van der Waals surface area contributed by atoms with Crippen molar-refractivity contribution in [2.75, 3.05) is 0 Å². The first-order valence-electron chi connectivity index (χ1n) is 5.20. The largest absolute Gasteiger partial charge is 0.271 e. The van der Waals surface area contributed by atoms with Gasteiger partial charge < -0.3 is 0 Å². The van der Waals surface area contributed by atoms with Crippen molar-refractivity contribution >= 4 is 15.9 Å². The van der Waals surface area contributed by atoms with E-state index in [0.717, 1.165) is 21.3 Å². The minimum Gasteiger partial charge on any atom is -0.271 e. The topological polar surface area (TPSA) is 63.8 Å². The van der Waals surface area contributed by atoms with Gasteiger partial charge in [-0.25, -0.2) is 5.43 Å². The van der Waals surface area contributed by atoms with E-state index in [1.165, 1.54) is 0 Å². The van der Waals surface area contributed by atoms with Gasteiger partial charge in [0.25, 0.3) is 0 Å². The Balaban J connectivity index is 2.36. The van der Waals surface area contributed by atoms with Crippen LogP contribution in [0.25, 0.3) is 0 Å². The number of pyridine rings is 2. The molecule has 1 atom stereocenters. The molecule has 2 aromatic rings. The van der Waals surface area contributed by atoms with Gasteiger partial charge >= 0.3 is 0 Å². The Hall–Kier alpha value is -1.30. The quantitative estimate of drug-likeness (QED) is 0.672. The van der Waals surface area contributed by atoms with Gasteiger partial charge in [0, 0.05) is 23.1 Å². The van der Waals surface area contributed by atoms with Crippen LogP contribution in [-0.2, 0) is 0 Å². The molecule has 2 heterocycles. The number of hydrogen-bond donors (Lipinski definition) is 2. The summed E-state index contributed by atoms with van der Waals surface area (Å²) in [6, 6.07) is 5.77. The molecule has 0 bridgehead atoms. The van der Waals surface area contributed by atoms with Gasteiger partial charge in [0.1, 0.15) is 0 Å². The lowest BCUT2D eigenvalue weighted by Gasteiger charge is -2.15. The van der Waals surface area contributed by atoms with Gasteiger partial charge in [-0.3, -0.25) is 15.8 Å². The van der Waals surface area contributed by atoms with Crippen LogP contribution in [0, 0.1) is 6.92 Å². The summed E-state index contributed by atoms with van der Waals surface area (Å²) in [5.41, 5.74) is 5.73. The van der Waals surface area contributed by atoms with Crippen LogP contribution in [0.1, 0.15) is 22.9 Å². The van der Waals surface area contributed by atoms with E-state index in [9.17, 15) is 0 Å². The van der Waals surface area contributed by atoms with E-state index in [0.29, 0.717) is 0 Å². The molecule has 2 aromatic heterocycles. The number of nitrogens with one attached hydrogen (secondary N) is 1. The highest BCUT2D eigenvalue weighted by Gasteiger charge is 2.13. The fourth-order valence-electron chi connectivity index (χ4n) is 1.65. The zero-order valence-corrected chi connectivity index (χ0v) is 11.0. The van der Waals surface area contributed by atoms with Crippen LogP contribution in [0.2, 0.25) is 0 Å². The summed E-state index contributed by atoms with van der Waals surface area (Å²) in [5.74, 6) is 5.60. The van der Waals surface area contributed by atoms with Gasteiger partial charge in [-0.05, 0) is 46.1 Å². The van der Waals surface area contributed by atoms with Crippen molar-refractivity contribution in [2.45, 2.75) is 13.0 Å². The van der Waals surface area contributed by atoms with Gasteiger partial charge in [0.05, 0.1) is 11.7 Å². The number of aryl methyl sites for hydroxylation is 1. The third-order valence-electron chi connectivity index (χ3n) is 2.44. The lowest BCUT2D eigenvalue weighted by molar-refractivity contribution is 0.618. The van der Waals surface area contributed by atoms with E-state index in [1.54, 1.807) is 12.4 Å². The van der Waals surface area contributed by atoms with Crippen LogP contribution in [-0.4, -0.2) is 9.97 Å². The number of nitrogens with two attached hydrogens (primary N) is 1. The van der Waals surface area contributed by atoms with Crippen LogP contribution in [0.15, 0.2) is 41.3 Å². The number of hydrazine groups is 1. The predicted molar refractivity (Wildman–Crippen MR) is 70.1 cm³/mol. The predicted octanol–water partition coefficient (Wildman–Crippen LogP) is 2.10. The first-order chi connectivity index (χ1) is 8.20. The van der Waals surface area contributed by atoms with Crippen LogP contribution in [0.3, 0.4) is 0 Å². The molecule has 0 amide bonds. The average Bonchev–Trinajstić information content (AvgIpc) is 2.33. The van der Waals surface area contributed by atoms with Crippen molar-refractivity contribution in [1.29, 1.82) is 0 Å². The van der Waals surface area contributed by atoms with Crippen LogP contribution in [0.4, 0.5) is 0 Å². The first kappa shape index (κ1) is 12.2. The minimum atomic E-state index is -0.143. The van der Waals surface area contributed by atoms with E-state index in [-0.39, 0.29) is 6.04 Å². The smallest absolute Gasteiger partial charge is 0.0896 e. The van der Waals surface area contributed by atoms with Gasteiger partial charge in [-0.1, -0.05) is 6.07 Å². The molecule has 4 nitrogen and oxygen atoms in total. The maximum Gasteiger partial charge on any atom is 0.0896 e. The zero-order valence-electron chi connectivity index (χ0n) is 9.39. The van der Waals surface area contributed by atoms with Gasteiger partial charge in [-0.2, -0.15) is 0 Å². The standard InChI is InChI=1S/C12H13BrN4/c1-8-4-9(6-15-5-8)12(17-14)11-3-2-10(13)7-16-11/h2-7,12,17H,14H2,1H3. The Kier molecular flexibility index (Phi) is 3.83. The molecule has 0 radical (unpaired) electrons. The molecule has 0 aliphatic carbocycles. The van der Waals surface area contributed by atoms with Crippen molar-refractivity contribution in [3.63, 3.8) is 0 Å². The Morgan fingerprint density at radius 1 is 1.29 bits per heavy atom. The summed E-state index contributed by atoms with van der Waals surface area (Å²) in [6.07, 6.45) is 5.36. The van der Waals surface area contributed by atoms with Crippen molar-refractivity contribution < 1.29 is 0 Å². The molecule has 0 fully saturated rings. The normalized spacial score (nSPS) is 12.4. The number of rotatable bonds is 3. The molecular weight excluding hydrogens is 280 g/mol. The fourth-order valence-corrected chi connectivity index (χ4v) is 1.88. The fraction of sp³-hybridized carbons (Fsp3) is 0.167. The SMILES string of the molecule is Cc1cncc(C(NN)c2ccc(Br)cn2)c1. The molecule has 88 valence electrons. The summed E-state index contributed by atoms with van der Waals surface area (Å²) in [5, 5.41) is 0. The number of nitrogens with zero attached hydrogens (tertiary/aromatic N) is 2. The second-order valence-corrected chi connectivity index (χ2v) is 4.71. The first-order valence-corrected chi connectivity index (χ1v) is 5.99. The molecule has 5 heteroatoms. The summed E-state index contributed by atoms with van der Waals surface area (Å²) < 4.78 is 0.944. The Morgan fingerprint density at radius 3 is 2.71 bits per heavy atom. The molecule has 3 N–H and O–H groups in total. The number of hydrogen-bond acceptors (Lipinski definition) is 4. The van der Waals surface area contributed by atoms with Gasteiger partial charge in [-0.15, -0.1) is 0 Å². The molecule has 0 aliphatic rings. The highest BCUT2D eigenvalue weighted by molar-refractivity contribution is 9.10. The van der Waals surface area contributed by atoms with Crippen molar-refractivity contribution in [1.82, 2.24) is 15.4 Å². The van der Waals surface area contributed by atoms with Crippen molar-refractivity contribution in [2.24, 2.45) is 5.84 Å². The third-order valence-corrected chi connectivity index (χ3v) is 2.91. The monoisotopic (exact) mass is 292 g/mol. The molecule has 17 heavy (non-hydrogen) atoms.